The fraction of sp³-hybridized carbons (Fsp3) is 0.414. The van der Waals surface area contributed by atoms with Crippen LogP contribution in [0, 0.1) is 5.82 Å². The Morgan fingerprint density at radius 2 is 1.92 bits per heavy atom. The zero-order valence-electron chi connectivity index (χ0n) is 21.4. The van der Waals surface area contributed by atoms with Gasteiger partial charge in [-0.3, -0.25) is 4.79 Å². The van der Waals surface area contributed by atoms with Crippen LogP contribution in [-0.4, -0.2) is 52.2 Å². The molecule has 0 amide bonds. The average molecular weight is 571 g/mol. The SMILES string of the molecule is O=c1c2c(cnn1-c1ccc(Cl)c(Cl)c1)CC(OCCCN1CCC(c3noc4cc(F)ccc34)CC1)CC2. The van der Waals surface area contributed by atoms with Crippen LogP contribution in [0.4, 0.5) is 4.39 Å². The minimum Gasteiger partial charge on any atom is -0.378 e. The molecule has 0 radical (unpaired) electrons. The van der Waals surface area contributed by atoms with Crippen LogP contribution in [0.2, 0.25) is 10.0 Å². The topological polar surface area (TPSA) is 73.4 Å². The maximum atomic E-state index is 13.5. The van der Waals surface area contributed by atoms with Crippen LogP contribution in [-0.2, 0) is 17.6 Å². The Morgan fingerprint density at radius 3 is 2.74 bits per heavy atom. The summed E-state index contributed by atoms with van der Waals surface area (Å²) in [5.41, 5.74) is 3.70. The van der Waals surface area contributed by atoms with Gasteiger partial charge in [0.1, 0.15) is 5.82 Å². The van der Waals surface area contributed by atoms with Gasteiger partial charge in [-0.2, -0.15) is 9.78 Å². The molecule has 1 saturated heterocycles. The van der Waals surface area contributed by atoms with Crippen LogP contribution in [0.25, 0.3) is 16.7 Å². The molecule has 1 unspecified atom stereocenters. The van der Waals surface area contributed by atoms with Crippen LogP contribution < -0.4 is 5.56 Å². The van der Waals surface area contributed by atoms with Crippen LogP contribution in [0.1, 0.15) is 48.4 Å². The first-order chi connectivity index (χ1) is 19.0. The van der Waals surface area contributed by atoms with Gasteiger partial charge in [0.05, 0.1) is 33.7 Å². The van der Waals surface area contributed by atoms with Gasteiger partial charge in [0.15, 0.2) is 5.58 Å². The molecule has 4 aromatic rings. The third-order valence-electron chi connectivity index (χ3n) is 7.89. The van der Waals surface area contributed by atoms with Crippen molar-refractivity contribution in [1.29, 1.82) is 0 Å². The molecule has 0 bridgehead atoms. The summed E-state index contributed by atoms with van der Waals surface area (Å²) < 4.78 is 26.4. The number of rotatable bonds is 7. The second-order valence-electron chi connectivity index (χ2n) is 10.4. The van der Waals surface area contributed by atoms with Gasteiger partial charge in [0, 0.05) is 42.5 Å². The number of likely N-dealkylation sites (tertiary alicyclic amines) is 1. The van der Waals surface area contributed by atoms with Gasteiger partial charge < -0.3 is 14.2 Å². The minimum atomic E-state index is -0.306. The average Bonchev–Trinajstić information content (AvgIpc) is 3.36. The van der Waals surface area contributed by atoms with Gasteiger partial charge in [-0.1, -0.05) is 28.4 Å². The molecule has 0 N–H and O–H groups in total. The van der Waals surface area contributed by atoms with E-state index in [1.165, 1.54) is 16.8 Å². The highest BCUT2D eigenvalue weighted by atomic mass is 35.5. The standard InChI is InChI=1S/C29H29Cl2FN4O3/c30-25-7-3-21(16-26(25)31)36-29(37)23-6-4-22(14-19(23)17-33-36)38-13-1-10-35-11-8-18(9-12-35)28-24-5-2-20(32)15-27(24)39-34-28/h2-3,5,7,15-18,22H,1,4,6,8-14H2. The highest BCUT2D eigenvalue weighted by molar-refractivity contribution is 6.42. The van der Waals surface area contributed by atoms with E-state index in [1.54, 1.807) is 30.5 Å². The quantitative estimate of drug-likeness (QED) is 0.255. The predicted molar refractivity (Wildman–Crippen MR) is 149 cm³/mol. The minimum absolute atomic E-state index is 0.0931. The summed E-state index contributed by atoms with van der Waals surface area (Å²) in [6, 6.07) is 9.69. The van der Waals surface area contributed by atoms with Crippen molar-refractivity contribution in [2.24, 2.45) is 0 Å². The summed E-state index contributed by atoms with van der Waals surface area (Å²) in [6.07, 6.45) is 7.01. The first-order valence-electron chi connectivity index (χ1n) is 13.4. The Kier molecular flexibility index (Phi) is 7.71. The number of hydrogen-bond donors (Lipinski definition) is 0. The molecular formula is C29H29Cl2FN4O3. The van der Waals surface area contributed by atoms with Gasteiger partial charge in [-0.15, -0.1) is 0 Å². The lowest BCUT2D eigenvalue weighted by Gasteiger charge is -2.31. The molecule has 2 aliphatic rings. The highest BCUT2D eigenvalue weighted by Gasteiger charge is 2.26. The van der Waals surface area contributed by atoms with Crippen molar-refractivity contribution in [3.05, 3.63) is 85.6 Å². The first-order valence-corrected chi connectivity index (χ1v) is 14.2. The van der Waals surface area contributed by atoms with Crippen molar-refractivity contribution in [1.82, 2.24) is 19.8 Å². The zero-order chi connectivity index (χ0) is 26.9. The molecule has 2 aromatic carbocycles. The largest absolute Gasteiger partial charge is 0.378 e. The van der Waals surface area contributed by atoms with Gasteiger partial charge in [-0.05, 0) is 81.1 Å². The Hall–Kier alpha value is -2.78. The maximum Gasteiger partial charge on any atom is 0.274 e. The third kappa shape index (κ3) is 5.61. The van der Waals surface area contributed by atoms with E-state index < -0.39 is 0 Å². The monoisotopic (exact) mass is 570 g/mol. The second-order valence-corrected chi connectivity index (χ2v) is 11.2. The molecule has 6 rings (SSSR count). The smallest absolute Gasteiger partial charge is 0.274 e. The maximum absolute atomic E-state index is 13.5. The van der Waals surface area contributed by atoms with Gasteiger partial charge >= 0.3 is 0 Å². The van der Waals surface area contributed by atoms with E-state index in [9.17, 15) is 9.18 Å². The molecule has 204 valence electrons. The fourth-order valence-electron chi connectivity index (χ4n) is 5.76. The van der Waals surface area contributed by atoms with E-state index >= 15 is 0 Å². The van der Waals surface area contributed by atoms with Crippen molar-refractivity contribution in [2.75, 3.05) is 26.2 Å². The van der Waals surface area contributed by atoms with Crippen LogP contribution in [0.5, 0.6) is 0 Å². The normalized spacial score (nSPS) is 18.5. The van der Waals surface area contributed by atoms with Crippen LogP contribution in [0.15, 0.2) is 51.9 Å². The van der Waals surface area contributed by atoms with Crippen LogP contribution in [0.3, 0.4) is 0 Å². The Labute approximate surface area is 235 Å². The number of ether oxygens (including phenoxy) is 1. The molecule has 7 nitrogen and oxygen atoms in total. The number of halogens is 3. The lowest BCUT2D eigenvalue weighted by molar-refractivity contribution is 0.0368. The predicted octanol–water partition coefficient (Wildman–Crippen LogP) is 5.96. The molecule has 1 fully saturated rings. The number of nitrogens with zero attached hydrogens (tertiary/aromatic N) is 4. The second kappa shape index (κ2) is 11.4. The Bertz CT molecular complexity index is 1550. The molecular weight excluding hydrogens is 542 g/mol. The first kappa shape index (κ1) is 26.4. The van der Waals surface area contributed by atoms with E-state index in [0.717, 1.165) is 67.5 Å². The van der Waals surface area contributed by atoms with Crippen molar-refractivity contribution >= 4 is 34.2 Å². The van der Waals surface area contributed by atoms with Gasteiger partial charge in [0.2, 0.25) is 0 Å². The summed E-state index contributed by atoms with van der Waals surface area (Å²) >= 11 is 12.1. The van der Waals surface area contributed by atoms with Crippen molar-refractivity contribution < 1.29 is 13.7 Å². The summed E-state index contributed by atoms with van der Waals surface area (Å²) in [7, 11) is 0. The Balaban J connectivity index is 0.968. The molecule has 1 aliphatic carbocycles. The molecule has 1 atom stereocenters. The summed E-state index contributed by atoms with van der Waals surface area (Å²) in [5, 5.41) is 10.4. The van der Waals surface area contributed by atoms with E-state index in [2.05, 4.69) is 15.2 Å². The molecule has 10 heteroatoms. The molecule has 0 saturated carbocycles. The molecule has 39 heavy (non-hydrogen) atoms. The van der Waals surface area contributed by atoms with Gasteiger partial charge in [0.25, 0.3) is 5.56 Å². The van der Waals surface area contributed by atoms with E-state index in [-0.39, 0.29) is 17.5 Å². The summed E-state index contributed by atoms with van der Waals surface area (Å²) in [4.78, 5) is 15.5. The third-order valence-corrected chi connectivity index (χ3v) is 8.63. The van der Waals surface area contributed by atoms with Crippen molar-refractivity contribution in [2.45, 2.75) is 50.5 Å². The lowest BCUT2D eigenvalue weighted by Crippen LogP contribution is -2.35. The molecule has 0 spiro atoms. The van der Waals surface area contributed by atoms with E-state index in [1.807, 2.05) is 0 Å². The Morgan fingerprint density at radius 1 is 1.08 bits per heavy atom. The van der Waals surface area contributed by atoms with Crippen molar-refractivity contribution in [3.8, 4) is 5.69 Å². The highest BCUT2D eigenvalue weighted by Crippen LogP contribution is 2.33. The number of aromatic nitrogens is 3. The van der Waals surface area contributed by atoms with E-state index in [4.69, 9.17) is 32.5 Å². The fourth-order valence-corrected chi connectivity index (χ4v) is 6.05. The number of piperidine rings is 1. The lowest BCUT2D eigenvalue weighted by atomic mass is 9.91. The van der Waals surface area contributed by atoms with Crippen LogP contribution >= 0.6 is 23.2 Å². The number of hydrogen-bond acceptors (Lipinski definition) is 6. The number of benzene rings is 2. The molecule has 3 heterocycles. The summed E-state index contributed by atoms with van der Waals surface area (Å²) in [5.74, 6) is 0.0286. The summed E-state index contributed by atoms with van der Waals surface area (Å²) in [6.45, 7) is 3.66. The zero-order valence-corrected chi connectivity index (χ0v) is 22.9. The molecule has 2 aromatic heterocycles. The van der Waals surface area contributed by atoms with E-state index in [0.29, 0.717) is 46.7 Å². The van der Waals surface area contributed by atoms with Crippen molar-refractivity contribution in [3.63, 3.8) is 0 Å². The number of fused-ring (bicyclic) bond motifs is 2. The van der Waals surface area contributed by atoms with Gasteiger partial charge in [-0.25, -0.2) is 4.39 Å². The molecule has 1 aliphatic heterocycles.